The Morgan fingerprint density at radius 3 is 1.60 bits per heavy atom. The van der Waals surface area contributed by atoms with Gasteiger partial charge in [-0.25, -0.2) is 0 Å². The van der Waals surface area contributed by atoms with Crippen LogP contribution in [0, 0.1) is 0 Å². The summed E-state index contributed by atoms with van der Waals surface area (Å²) in [6, 6.07) is 0. The number of hydrogen-bond donors (Lipinski definition) is 0. The Kier molecular flexibility index (Phi) is 3.09. The normalized spacial score (nSPS) is 13.4. The zero-order valence-electron chi connectivity index (χ0n) is 4.18. The van der Waals surface area contributed by atoms with Gasteiger partial charge in [-0.2, -0.15) is 17.6 Å². The summed E-state index contributed by atoms with van der Waals surface area (Å²) in [7, 11) is 0. The molecule has 0 aromatic rings. The second kappa shape index (κ2) is 2.92. The average molecular weight is 335 g/mol. The first-order valence-electron chi connectivity index (χ1n) is 1.84. The number of alkyl halides is 5. The van der Waals surface area contributed by atoms with Gasteiger partial charge in [0.15, 0.2) is 0 Å². The minimum Gasteiger partial charge on any atom is -0.279 e. The van der Waals surface area contributed by atoms with Crippen LogP contribution >= 0.6 is 38.5 Å². The third-order valence-electron chi connectivity index (χ3n) is 0.603. The lowest BCUT2D eigenvalue weighted by Crippen LogP contribution is -2.39. The Hall–Kier alpha value is 0.600. The van der Waals surface area contributed by atoms with Crippen molar-refractivity contribution in [2.24, 2.45) is 0 Å². The quantitative estimate of drug-likeness (QED) is 0.328. The highest BCUT2D eigenvalue weighted by Gasteiger charge is 2.59. The van der Waals surface area contributed by atoms with E-state index in [2.05, 4.69) is 0 Å². The molecule has 0 spiro atoms. The van der Waals surface area contributed by atoms with Crippen molar-refractivity contribution in [2.45, 2.75) is 9.85 Å². The van der Waals surface area contributed by atoms with Crippen molar-refractivity contribution in [1.29, 1.82) is 0 Å². The van der Waals surface area contributed by atoms with Crippen molar-refractivity contribution in [2.75, 3.05) is 0 Å². The minimum absolute atomic E-state index is 0.200. The van der Waals surface area contributed by atoms with Crippen molar-refractivity contribution >= 4 is 43.2 Å². The molecule has 0 rings (SSSR count). The highest BCUT2D eigenvalue weighted by atomic mass is 127. The molecule has 0 heterocycles. The molecular weight excluding hydrogens is 335 g/mol. The lowest BCUT2D eigenvalue weighted by molar-refractivity contribution is -0.160. The Balaban J connectivity index is 4.57. The Labute approximate surface area is 75.4 Å². The van der Waals surface area contributed by atoms with Gasteiger partial charge < -0.3 is 0 Å². The lowest BCUT2D eigenvalue weighted by Gasteiger charge is -2.16. The average Bonchev–Trinajstić information content (AvgIpc) is 1.62. The molecule has 0 aliphatic heterocycles. The van der Waals surface area contributed by atoms with Gasteiger partial charge in [0.1, 0.15) is 0 Å². The van der Waals surface area contributed by atoms with E-state index in [9.17, 15) is 22.4 Å². The molecule has 0 amide bonds. The summed E-state index contributed by atoms with van der Waals surface area (Å²) in [6.45, 7) is 0. The number of rotatable bonds is 2. The van der Waals surface area contributed by atoms with E-state index in [1.165, 1.54) is 0 Å². The van der Waals surface area contributed by atoms with E-state index in [-0.39, 0.29) is 22.6 Å². The third kappa shape index (κ3) is 2.04. The number of carbonyl (C=O) groups excluding carboxylic acids is 1. The lowest BCUT2D eigenvalue weighted by atomic mass is 10.4. The second-order valence-corrected chi connectivity index (χ2v) is 3.42. The topological polar surface area (TPSA) is 17.1 Å². The molecule has 0 aliphatic rings. The molecule has 7 heteroatoms. The fourth-order valence-corrected chi connectivity index (χ4v) is 0.976. The maximum atomic E-state index is 11.9. The largest absolute Gasteiger partial charge is 0.386 e. The van der Waals surface area contributed by atoms with Gasteiger partial charge in [0, 0.05) is 22.6 Å². The van der Waals surface area contributed by atoms with Gasteiger partial charge in [-0.1, -0.05) is 0 Å². The van der Waals surface area contributed by atoms with Crippen LogP contribution in [-0.4, -0.2) is 14.5 Å². The van der Waals surface area contributed by atoms with E-state index in [0.29, 0.717) is 0 Å². The molecule has 0 aromatic carbocycles. The first kappa shape index (κ1) is 10.6. The molecule has 0 aliphatic carbocycles. The first-order valence-corrected chi connectivity index (χ1v) is 3.71. The van der Waals surface area contributed by atoms with Crippen LogP contribution in [0.1, 0.15) is 0 Å². The summed E-state index contributed by atoms with van der Waals surface area (Å²) in [5.74, 6) is -4.63. The Morgan fingerprint density at radius 1 is 1.30 bits per heavy atom. The standard InChI is InChI=1S/C3BrF4IO/c4-1(10)2(5,6)3(7,8)9. The molecule has 10 heavy (non-hydrogen) atoms. The van der Waals surface area contributed by atoms with Gasteiger partial charge >= 0.3 is 9.85 Å². The van der Waals surface area contributed by atoms with Crippen molar-refractivity contribution < 1.29 is 22.4 Å². The van der Waals surface area contributed by atoms with Crippen LogP contribution in [0.25, 0.3) is 0 Å². The van der Waals surface area contributed by atoms with Gasteiger partial charge in [-0.05, 0) is 15.9 Å². The maximum Gasteiger partial charge on any atom is 0.386 e. The van der Waals surface area contributed by atoms with Crippen LogP contribution in [-0.2, 0) is 4.79 Å². The molecule has 0 N–H and O–H groups in total. The van der Waals surface area contributed by atoms with E-state index in [1.54, 1.807) is 15.9 Å². The molecule has 1 nitrogen and oxygen atoms in total. The van der Waals surface area contributed by atoms with Gasteiger partial charge in [0.25, 0.3) is 4.69 Å². The summed E-state index contributed by atoms with van der Waals surface area (Å²) in [5.41, 5.74) is 0. The number of carbonyl (C=O) groups is 1. The van der Waals surface area contributed by atoms with Gasteiger partial charge in [-0.3, -0.25) is 4.79 Å². The minimum atomic E-state index is -4.63. The van der Waals surface area contributed by atoms with E-state index < -0.39 is 14.5 Å². The highest BCUT2D eigenvalue weighted by Crippen LogP contribution is 2.41. The fourth-order valence-electron chi connectivity index (χ4n) is 0.111. The van der Waals surface area contributed by atoms with Crippen LogP contribution in [0.4, 0.5) is 17.6 Å². The molecule has 0 fully saturated rings. The number of halogens is 6. The first-order chi connectivity index (χ1) is 4.19. The summed E-state index contributed by atoms with van der Waals surface area (Å²) in [5, 5.41) is 0. The van der Waals surface area contributed by atoms with Crippen LogP contribution < -0.4 is 0 Å². The van der Waals surface area contributed by atoms with Gasteiger partial charge in [-0.15, -0.1) is 0 Å². The fraction of sp³-hybridized carbons (Fsp3) is 0.667. The third-order valence-corrected chi connectivity index (χ3v) is 1.78. The Morgan fingerprint density at radius 2 is 1.60 bits per heavy atom. The van der Waals surface area contributed by atoms with Crippen LogP contribution in [0.5, 0.6) is 0 Å². The Bertz CT molecular complexity index is 153. The van der Waals surface area contributed by atoms with Crippen molar-refractivity contribution in [3.8, 4) is 0 Å². The summed E-state index contributed by atoms with van der Waals surface area (Å²) < 4.78 is 40.9. The zero-order valence-corrected chi connectivity index (χ0v) is 7.92. The molecule has 0 unspecified atom stereocenters. The van der Waals surface area contributed by atoms with E-state index in [1.807, 2.05) is 0 Å². The number of hydrogen-bond acceptors (Lipinski definition) is 1. The van der Waals surface area contributed by atoms with Crippen LogP contribution in [0.2, 0.25) is 0 Å². The van der Waals surface area contributed by atoms with Crippen LogP contribution in [0.3, 0.4) is 0 Å². The molecule has 0 atom stereocenters. The summed E-state index contributed by atoms with van der Waals surface area (Å²) >= 11 is 1.96. The van der Waals surface area contributed by atoms with Crippen molar-refractivity contribution in [3.63, 3.8) is 0 Å². The van der Waals surface area contributed by atoms with Crippen LogP contribution in [0.15, 0.2) is 0 Å². The predicted molar refractivity (Wildman–Crippen MR) is 37.8 cm³/mol. The molecule has 0 radical (unpaired) electrons. The van der Waals surface area contributed by atoms with E-state index in [0.717, 1.165) is 0 Å². The molecule has 60 valence electrons. The summed E-state index contributed by atoms with van der Waals surface area (Å²) in [4.78, 5) is 9.79. The molecule has 0 saturated carbocycles. The summed E-state index contributed by atoms with van der Waals surface area (Å²) in [6.07, 6.45) is 0. The molecular formula is C3BrF4IO. The monoisotopic (exact) mass is 334 g/mol. The van der Waals surface area contributed by atoms with E-state index in [4.69, 9.17) is 0 Å². The molecule has 0 saturated heterocycles. The van der Waals surface area contributed by atoms with Gasteiger partial charge in [0.2, 0.25) is 0 Å². The SMILES string of the molecule is O=C(Br)C(F)(F)C(F)(F)I. The van der Waals surface area contributed by atoms with Crippen molar-refractivity contribution in [3.05, 3.63) is 0 Å². The van der Waals surface area contributed by atoms with E-state index >= 15 is 0 Å². The highest BCUT2D eigenvalue weighted by molar-refractivity contribution is 14.1. The predicted octanol–water partition coefficient (Wildman–Crippen LogP) is 2.57. The zero-order chi connectivity index (χ0) is 8.58. The smallest absolute Gasteiger partial charge is 0.279 e. The molecule has 0 aromatic heterocycles. The van der Waals surface area contributed by atoms with Gasteiger partial charge in [0.05, 0.1) is 0 Å². The molecule has 0 bridgehead atoms. The van der Waals surface area contributed by atoms with Crippen molar-refractivity contribution in [1.82, 2.24) is 0 Å². The maximum absolute atomic E-state index is 11.9. The second-order valence-electron chi connectivity index (χ2n) is 1.35.